The summed E-state index contributed by atoms with van der Waals surface area (Å²) in [6.07, 6.45) is 2.86. The average molecular weight is 308 g/mol. The van der Waals surface area contributed by atoms with Crippen molar-refractivity contribution < 1.29 is 9.15 Å². The molecule has 3 nitrogen and oxygen atoms in total. The molecule has 1 aliphatic heterocycles. The molecular weight excluding hydrogens is 294 g/mol. The fourth-order valence-electron chi connectivity index (χ4n) is 2.17. The molecule has 1 aliphatic rings. The van der Waals surface area contributed by atoms with Gasteiger partial charge in [0.05, 0.1) is 12.8 Å². The summed E-state index contributed by atoms with van der Waals surface area (Å²) in [5, 5.41) is 3.35. The van der Waals surface area contributed by atoms with E-state index in [1.54, 1.807) is 6.26 Å². The maximum absolute atomic E-state index is 5.87. The number of nitrogens with one attached hydrogen (secondary N) is 1. The Morgan fingerprint density at radius 3 is 3.11 bits per heavy atom. The molecule has 0 fully saturated rings. The van der Waals surface area contributed by atoms with Crippen LogP contribution in [0.5, 0.6) is 5.75 Å². The lowest BCUT2D eigenvalue weighted by Gasteiger charge is -2.10. The Morgan fingerprint density at radius 2 is 2.28 bits per heavy atom. The van der Waals surface area contributed by atoms with Crippen molar-refractivity contribution in [3.8, 4) is 5.75 Å². The van der Waals surface area contributed by atoms with Gasteiger partial charge in [0.25, 0.3) is 0 Å². The van der Waals surface area contributed by atoms with E-state index in [1.807, 2.05) is 24.3 Å². The van der Waals surface area contributed by atoms with E-state index >= 15 is 0 Å². The van der Waals surface area contributed by atoms with Crippen LogP contribution in [0.4, 0.5) is 0 Å². The number of furan rings is 1. The molecule has 94 valence electrons. The number of rotatable bonds is 4. The highest BCUT2D eigenvalue weighted by molar-refractivity contribution is 9.10. The minimum atomic E-state index is 0.212. The van der Waals surface area contributed by atoms with Crippen LogP contribution >= 0.6 is 15.9 Å². The largest absolute Gasteiger partial charge is 0.488 e. The number of benzene rings is 1. The average Bonchev–Trinajstić information content (AvgIpc) is 2.97. The van der Waals surface area contributed by atoms with Gasteiger partial charge in [0.1, 0.15) is 17.6 Å². The molecule has 1 N–H and O–H groups in total. The van der Waals surface area contributed by atoms with E-state index in [0.29, 0.717) is 0 Å². The van der Waals surface area contributed by atoms with Crippen molar-refractivity contribution in [1.29, 1.82) is 0 Å². The van der Waals surface area contributed by atoms with Gasteiger partial charge in [0.15, 0.2) is 0 Å². The van der Waals surface area contributed by atoms with Crippen molar-refractivity contribution in [3.63, 3.8) is 0 Å². The van der Waals surface area contributed by atoms with Crippen molar-refractivity contribution in [2.45, 2.75) is 19.1 Å². The molecule has 0 bridgehead atoms. The van der Waals surface area contributed by atoms with Gasteiger partial charge < -0.3 is 14.5 Å². The smallest absolute Gasteiger partial charge is 0.123 e. The number of ether oxygens (including phenoxy) is 1. The Bertz CT molecular complexity index is 525. The highest BCUT2D eigenvalue weighted by atomic mass is 79.9. The predicted molar refractivity (Wildman–Crippen MR) is 72.7 cm³/mol. The van der Waals surface area contributed by atoms with Crippen LogP contribution in [-0.2, 0) is 13.0 Å². The Morgan fingerprint density at radius 1 is 1.33 bits per heavy atom. The second-order valence-corrected chi connectivity index (χ2v) is 5.32. The Balaban J connectivity index is 1.52. The van der Waals surface area contributed by atoms with Crippen LogP contribution < -0.4 is 10.1 Å². The maximum Gasteiger partial charge on any atom is 0.123 e. The van der Waals surface area contributed by atoms with Crippen molar-refractivity contribution in [2.75, 3.05) is 6.54 Å². The van der Waals surface area contributed by atoms with E-state index < -0.39 is 0 Å². The fourth-order valence-corrected chi connectivity index (χ4v) is 2.58. The van der Waals surface area contributed by atoms with Gasteiger partial charge in [-0.3, -0.25) is 0 Å². The first kappa shape index (κ1) is 11.8. The molecular formula is C14H14BrNO2. The lowest BCUT2D eigenvalue weighted by atomic mass is 10.1. The highest BCUT2D eigenvalue weighted by Crippen LogP contribution is 2.30. The minimum Gasteiger partial charge on any atom is -0.488 e. The van der Waals surface area contributed by atoms with E-state index in [2.05, 4.69) is 27.3 Å². The minimum absolute atomic E-state index is 0.212. The standard InChI is InChI=1S/C14H14BrNO2/c15-11-3-4-14-10(6-11)7-13(18-14)9-16-8-12-2-1-5-17-12/h1-6,13,16H,7-9H2. The van der Waals surface area contributed by atoms with Gasteiger partial charge in [-0.15, -0.1) is 0 Å². The summed E-state index contributed by atoms with van der Waals surface area (Å²) in [5.41, 5.74) is 1.27. The summed E-state index contributed by atoms with van der Waals surface area (Å²) >= 11 is 3.48. The predicted octanol–water partition coefficient (Wildman–Crippen LogP) is 3.14. The highest BCUT2D eigenvalue weighted by Gasteiger charge is 2.22. The molecule has 3 rings (SSSR count). The van der Waals surface area contributed by atoms with Gasteiger partial charge >= 0.3 is 0 Å². The zero-order valence-electron chi connectivity index (χ0n) is 9.86. The van der Waals surface area contributed by atoms with Crippen LogP contribution in [0.2, 0.25) is 0 Å². The first-order valence-corrected chi connectivity index (χ1v) is 6.79. The number of hydrogen-bond acceptors (Lipinski definition) is 3. The normalized spacial score (nSPS) is 17.5. The molecule has 18 heavy (non-hydrogen) atoms. The van der Waals surface area contributed by atoms with Crippen LogP contribution in [0.1, 0.15) is 11.3 Å². The van der Waals surface area contributed by atoms with Crippen LogP contribution in [0.25, 0.3) is 0 Å². The molecule has 4 heteroatoms. The molecule has 0 radical (unpaired) electrons. The van der Waals surface area contributed by atoms with Crippen LogP contribution in [-0.4, -0.2) is 12.6 Å². The van der Waals surface area contributed by atoms with Gasteiger partial charge in [0.2, 0.25) is 0 Å². The van der Waals surface area contributed by atoms with E-state index in [0.717, 1.165) is 35.5 Å². The van der Waals surface area contributed by atoms with E-state index in [4.69, 9.17) is 9.15 Å². The van der Waals surface area contributed by atoms with Crippen molar-refractivity contribution in [3.05, 3.63) is 52.4 Å². The first-order chi connectivity index (χ1) is 8.81. The Hall–Kier alpha value is -1.26. The molecule has 2 heterocycles. The number of hydrogen-bond donors (Lipinski definition) is 1. The topological polar surface area (TPSA) is 34.4 Å². The Labute approximate surface area is 114 Å². The van der Waals surface area contributed by atoms with Crippen molar-refractivity contribution in [1.82, 2.24) is 5.32 Å². The molecule has 1 atom stereocenters. The first-order valence-electron chi connectivity index (χ1n) is 5.99. The van der Waals surface area contributed by atoms with Crippen molar-refractivity contribution in [2.24, 2.45) is 0 Å². The van der Waals surface area contributed by atoms with Gasteiger partial charge in [-0.25, -0.2) is 0 Å². The molecule has 0 aliphatic carbocycles. The van der Waals surface area contributed by atoms with Crippen LogP contribution in [0, 0.1) is 0 Å². The third kappa shape index (κ3) is 2.60. The summed E-state index contributed by atoms with van der Waals surface area (Å²) in [4.78, 5) is 0. The summed E-state index contributed by atoms with van der Waals surface area (Å²) in [7, 11) is 0. The lowest BCUT2D eigenvalue weighted by molar-refractivity contribution is 0.226. The fraction of sp³-hybridized carbons (Fsp3) is 0.286. The quantitative estimate of drug-likeness (QED) is 0.942. The zero-order valence-corrected chi connectivity index (χ0v) is 11.4. The lowest BCUT2D eigenvalue weighted by Crippen LogP contribution is -2.29. The monoisotopic (exact) mass is 307 g/mol. The molecule has 2 aromatic rings. The second-order valence-electron chi connectivity index (χ2n) is 4.41. The summed E-state index contributed by atoms with van der Waals surface area (Å²) in [5.74, 6) is 1.95. The third-order valence-corrected chi connectivity index (χ3v) is 3.51. The van der Waals surface area contributed by atoms with Crippen LogP contribution in [0.15, 0.2) is 45.5 Å². The van der Waals surface area contributed by atoms with Crippen molar-refractivity contribution >= 4 is 15.9 Å². The summed E-state index contributed by atoms with van der Waals surface area (Å²) in [6.45, 7) is 1.57. The second kappa shape index (κ2) is 5.16. The molecule has 1 aromatic heterocycles. The summed E-state index contributed by atoms with van der Waals surface area (Å²) in [6, 6.07) is 10.0. The maximum atomic E-state index is 5.87. The van der Waals surface area contributed by atoms with E-state index in [1.165, 1.54) is 5.56 Å². The SMILES string of the molecule is Brc1ccc2c(c1)CC(CNCc1ccco1)O2. The molecule has 0 amide bonds. The van der Waals surface area contributed by atoms with Gasteiger partial charge in [0, 0.05) is 17.4 Å². The van der Waals surface area contributed by atoms with Crippen LogP contribution in [0.3, 0.4) is 0 Å². The molecule has 0 saturated heterocycles. The van der Waals surface area contributed by atoms with E-state index in [-0.39, 0.29) is 6.10 Å². The molecule has 0 saturated carbocycles. The summed E-state index contributed by atoms with van der Waals surface area (Å²) < 4.78 is 12.2. The van der Waals surface area contributed by atoms with Gasteiger partial charge in [-0.05, 0) is 35.9 Å². The molecule has 0 spiro atoms. The van der Waals surface area contributed by atoms with Gasteiger partial charge in [-0.2, -0.15) is 0 Å². The Kier molecular flexibility index (Phi) is 3.39. The number of fused-ring (bicyclic) bond motifs is 1. The van der Waals surface area contributed by atoms with E-state index in [9.17, 15) is 0 Å². The third-order valence-electron chi connectivity index (χ3n) is 3.02. The van der Waals surface area contributed by atoms with Gasteiger partial charge in [-0.1, -0.05) is 15.9 Å². The zero-order chi connectivity index (χ0) is 12.4. The molecule has 1 unspecified atom stereocenters. The number of halogens is 1. The molecule has 1 aromatic carbocycles.